The summed E-state index contributed by atoms with van der Waals surface area (Å²) in [7, 11) is 0. The van der Waals surface area contributed by atoms with Crippen molar-refractivity contribution in [1.82, 2.24) is 10.3 Å². The molecule has 92 valence electrons. The second-order valence-electron chi connectivity index (χ2n) is 3.51. The van der Waals surface area contributed by atoms with Crippen LogP contribution in [-0.2, 0) is 4.79 Å². The standard InChI is InChI=1S/C11H13ClN2O3/c1-2-3-9(11(16)17)14-10(15)7-6-13-5-4-8(7)12/h4-6,9H,2-3H2,1H3,(H,14,15)(H,16,17)/t9-/m0/s1. The van der Waals surface area contributed by atoms with Gasteiger partial charge in [0.2, 0.25) is 0 Å². The number of carbonyl (C=O) groups excluding carboxylic acids is 1. The number of aromatic nitrogens is 1. The minimum atomic E-state index is -1.06. The Morgan fingerprint density at radius 1 is 1.59 bits per heavy atom. The fourth-order valence-corrected chi connectivity index (χ4v) is 1.52. The molecule has 1 aromatic rings. The van der Waals surface area contributed by atoms with Crippen LogP contribution in [-0.4, -0.2) is 28.0 Å². The molecule has 0 aliphatic heterocycles. The summed E-state index contributed by atoms with van der Waals surface area (Å²) in [6.07, 6.45) is 3.80. The molecule has 2 N–H and O–H groups in total. The van der Waals surface area contributed by atoms with Gasteiger partial charge in [0.15, 0.2) is 0 Å². The SMILES string of the molecule is CCC[C@H](NC(=O)c1cnccc1Cl)C(=O)O. The van der Waals surface area contributed by atoms with Crippen molar-refractivity contribution in [3.8, 4) is 0 Å². The van der Waals surface area contributed by atoms with Gasteiger partial charge in [-0.05, 0) is 12.5 Å². The summed E-state index contributed by atoms with van der Waals surface area (Å²) < 4.78 is 0. The topological polar surface area (TPSA) is 79.3 Å². The zero-order chi connectivity index (χ0) is 12.8. The minimum Gasteiger partial charge on any atom is -0.480 e. The molecule has 0 unspecified atom stereocenters. The van der Waals surface area contributed by atoms with E-state index in [4.69, 9.17) is 16.7 Å². The lowest BCUT2D eigenvalue weighted by atomic mass is 10.1. The van der Waals surface area contributed by atoms with Crippen LogP contribution >= 0.6 is 11.6 Å². The van der Waals surface area contributed by atoms with E-state index in [-0.39, 0.29) is 10.6 Å². The molecule has 0 spiro atoms. The molecular formula is C11H13ClN2O3. The number of pyridine rings is 1. The van der Waals surface area contributed by atoms with Crippen LogP contribution in [0.3, 0.4) is 0 Å². The van der Waals surface area contributed by atoms with E-state index < -0.39 is 17.9 Å². The lowest BCUT2D eigenvalue weighted by molar-refractivity contribution is -0.139. The highest BCUT2D eigenvalue weighted by atomic mass is 35.5. The smallest absolute Gasteiger partial charge is 0.326 e. The van der Waals surface area contributed by atoms with Crippen LogP contribution < -0.4 is 5.32 Å². The van der Waals surface area contributed by atoms with Crippen molar-refractivity contribution in [2.24, 2.45) is 0 Å². The molecule has 0 aliphatic carbocycles. The largest absolute Gasteiger partial charge is 0.480 e. The maximum atomic E-state index is 11.8. The Kier molecular flexibility index (Phi) is 4.90. The quantitative estimate of drug-likeness (QED) is 0.841. The molecule has 1 atom stereocenters. The molecule has 6 heteroatoms. The van der Waals surface area contributed by atoms with Gasteiger partial charge in [-0.1, -0.05) is 24.9 Å². The molecule has 0 bridgehead atoms. The number of halogens is 1. The summed E-state index contributed by atoms with van der Waals surface area (Å²) in [6.45, 7) is 1.85. The summed E-state index contributed by atoms with van der Waals surface area (Å²) in [4.78, 5) is 26.4. The van der Waals surface area contributed by atoms with Crippen LogP contribution in [0.1, 0.15) is 30.1 Å². The third-order valence-corrected chi connectivity index (χ3v) is 2.52. The van der Waals surface area contributed by atoms with Gasteiger partial charge >= 0.3 is 5.97 Å². The number of aliphatic carboxylic acids is 1. The van der Waals surface area contributed by atoms with Gasteiger partial charge in [-0.3, -0.25) is 9.78 Å². The average molecular weight is 257 g/mol. The molecule has 1 aromatic heterocycles. The molecule has 0 aliphatic rings. The van der Waals surface area contributed by atoms with Gasteiger partial charge in [0.1, 0.15) is 6.04 Å². The number of hydrogen-bond acceptors (Lipinski definition) is 3. The van der Waals surface area contributed by atoms with E-state index in [0.29, 0.717) is 12.8 Å². The summed E-state index contributed by atoms with van der Waals surface area (Å²) >= 11 is 5.81. The van der Waals surface area contributed by atoms with Crippen molar-refractivity contribution in [3.05, 3.63) is 29.0 Å². The predicted octanol–water partition coefficient (Wildman–Crippen LogP) is 1.72. The van der Waals surface area contributed by atoms with E-state index in [2.05, 4.69) is 10.3 Å². The first-order valence-corrected chi connectivity index (χ1v) is 5.57. The summed E-state index contributed by atoms with van der Waals surface area (Å²) in [6, 6.07) is 0.579. The van der Waals surface area contributed by atoms with Crippen LogP contribution in [0, 0.1) is 0 Å². The minimum absolute atomic E-state index is 0.177. The van der Waals surface area contributed by atoms with E-state index in [1.807, 2.05) is 6.92 Å². The van der Waals surface area contributed by atoms with Gasteiger partial charge in [0.05, 0.1) is 10.6 Å². The Balaban J connectivity index is 2.77. The van der Waals surface area contributed by atoms with Crippen molar-refractivity contribution in [1.29, 1.82) is 0 Å². The maximum absolute atomic E-state index is 11.8. The Bertz CT molecular complexity index is 423. The molecule has 1 heterocycles. The first-order valence-electron chi connectivity index (χ1n) is 5.19. The first-order chi connectivity index (χ1) is 8.06. The summed E-state index contributed by atoms with van der Waals surface area (Å²) in [5.74, 6) is -1.58. The second kappa shape index (κ2) is 6.20. The number of carbonyl (C=O) groups is 2. The van der Waals surface area contributed by atoms with Gasteiger partial charge in [0, 0.05) is 12.4 Å². The maximum Gasteiger partial charge on any atom is 0.326 e. The van der Waals surface area contributed by atoms with Crippen LogP contribution in [0.4, 0.5) is 0 Å². The van der Waals surface area contributed by atoms with Gasteiger partial charge < -0.3 is 10.4 Å². The van der Waals surface area contributed by atoms with E-state index in [9.17, 15) is 9.59 Å². The summed E-state index contributed by atoms with van der Waals surface area (Å²) in [5, 5.41) is 11.6. The molecule has 1 amide bonds. The molecule has 17 heavy (non-hydrogen) atoms. The average Bonchev–Trinajstić information content (AvgIpc) is 2.28. The number of nitrogens with zero attached hydrogens (tertiary/aromatic N) is 1. The monoisotopic (exact) mass is 256 g/mol. The van der Waals surface area contributed by atoms with E-state index in [1.165, 1.54) is 18.5 Å². The predicted molar refractivity (Wildman–Crippen MR) is 63.0 cm³/mol. The van der Waals surface area contributed by atoms with Crippen LogP contribution in [0.15, 0.2) is 18.5 Å². The number of nitrogens with one attached hydrogen (secondary N) is 1. The molecule has 0 fully saturated rings. The number of carboxylic acid groups (broad SMARTS) is 1. The van der Waals surface area contributed by atoms with Crippen molar-refractivity contribution in [2.75, 3.05) is 0 Å². The highest BCUT2D eigenvalue weighted by Gasteiger charge is 2.20. The molecule has 0 saturated carbocycles. The zero-order valence-corrected chi connectivity index (χ0v) is 10.1. The Morgan fingerprint density at radius 2 is 2.29 bits per heavy atom. The molecule has 0 radical (unpaired) electrons. The fourth-order valence-electron chi connectivity index (χ4n) is 1.33. The van der Waals surface area contributed by atoms with Gasteiger partial charge in [-0.25, -0.2) is 4.79 Å². The normalized spacial score (nSPS) is 11.9. The number of hydrogen-bond donors (Lipinski definition) is 2. The molecule has 5 nitrogen and oxygen atoms in total. The Labute approximate surface area is 104 Å². The van der Waals surface area contributed by atoms with Crippen LogP contribution in [0.25, 0.3) is 0 Å². The van der Waals surface area contributed by atoms with Crippen molar-refractivity contribution in [3.63, 3.8) is 0 Å². The van der Waals surface area contributed by atoms with Crippen molar-refractivity contribution in [2.45, 2.75) is 25.8 Å². The third kappa shape index (κ3) is 3.71. The summed E-state index contributed by atoms with van der Waals surface area (Å²) in [5.41, 5.74) is 0.177. The lowest BCUT2D eigenvalue weighted by Crippen LogP contribution is -2.40. The molecule has 0 saturated heterocycles. The van der Waals surface area contributed by atoms with E-state index in [1.54, 1.807) is 0 Å². The fraction of sp³-hybridized carbons (Fsp3) is 0.364. The lowest BCUT2D eigenvalue weighted by Gasteiger charge is -2.13. The number of carboxylic acids is 1. The van der Waals surface area contributed by atoms with E-state index in [0.717, 1.165) is 0 Å². The highest BCUT2D eigenvalue weighted by Crippen LogP contribution is 2.13. The molecular weight excluding hydrogens is 244 g/mol. The third-order valence-electron chi connectivity index (χ3n) is 2.19. The number of amides is 1. The zero-order valence-electron chi connectivity index (χ0n) is 9.31. The Morgan fingerprint density at radius 3 is 2.82 bits per heavy atom. The highest BCUT2D eigenvalue weighted by molar-refractivity contribution is 6.33. The van der Waals surface area contributed by atoms with E-state index >= 15 is 0 Å². The van der Waals surface area contributed by atoms with Crippen LogP contribution in [0.5, 0.6) is 0 Å². The van der Waals surface area contributed by atoms with Gasteiger partial charge in [-0.15, -0.1) is 0 Å². The van der Waals surface area contributed by atoms with Crippen molar-refractivity contribution >= 4 is 23.5 Å². The second-order valence-corrected chi connectivity index (χ2v) is 3.92. The van der Waals surface area contributed by atoms with Gasteiger partial charge in [0.25, 0.3) is 5.91 Å². The van der Waals surface area contributed by atoms with Crippen molar-refractivity contribution < 1.29 is 14.7 Å². The van der Waals surface area contributed by atoms with Gasteiger partial charge in [-0.2, -0.15) is 0 Å². The first kappa shape index (κ1) is 13.4. The Hall–Kier alpha value is -1.62. The molecule has 1 rings (SSSR count). The number of rotatable bonds is 5. The molecule has 0 aromatic carbocycles. The van der Waals surface area contributed by atoms with Crippen LogP contribution in [0.2, 0.25) is 5.02 Å².